The fraction of sp³-hybridized carbons (Fsp3) is 0.538. The van der Waals surface area contributed by atoms with Crippen molar-refractivity contribution in [3.05, 3.63) is 21.4 Å². The molecule has 2 heterocycles. The lowest BCUT2D eigenvalue weighted by atomic mass is 10.2. The standard InChI is InChI=1S/C13H17NO3S2/c1-2-4-14(7-12(15)16)13(17)11-6-9-8-18-5-3-10(9)19-11/h6H,2-5,7-8H2,1H3,(H,15,16). The third kappa shape index (κ3) is 3.51. The second-order valence-corrected chi connectivity index (χ2v) is 6.72. The Hall–Kier alpha value is -1.01. The third-order valence-corrected chi connectivity index (χ3v) is 5.18. The highest BCUT2D eigenvalue weighted by Gasteiger charge is 2.22. The number of rotatable bonds is 5. The molecule has 1 N–H and O–H groups in total. The quantitative estimate of drug-likeness (QED) is 0.907. The van der Waals surface area contributed by atoms with Crippen LogP contribution in [0.25, 0.3) is 0 Å². The molecule has 4 nitrogen and oxygen atoms in total. The van der Waals surface area contributed by atoms with Gasteiger partial charge in [0.05, 0.1) is 4.88 Å². The molecule has 1 aliphatic rings. The Labute approximate surface area is 120 Å². The summed E-state index contributed by atoms with van der Waals surface area (Å²) in [5, 5.41) is 8.87. The van der Waals surface area contributed by atoms with E-state index in [2.05, 4.69) is 0 Å². The molecule has 0 fully saturated rings. The van der Waals surface area contributed by atoms with Crippen LogP contribution in [0, 0.1) is 0 Å². The summed E-state index contributed by atoms with van der Waals surface area (Å²) in [6, 6.07) is 1.94. The minimum Gasteiger partial charge on any atom is -0.480 e. The summed E-state index contributed by atoms with van der Waals surface area (Å²) in [7, 11) is 0. The first kappa shape index (κ1) is 14.4. The van der Waals surface area contributed by atoms with Crippen LogP contribution in [0.1, 0.15) is 33.5 Å². The molecule has 1 aromatic rings. The van der Waals surface area contributed by atoms with Gasteiger partial charge < -0.3 is 10.0 Å². The maximum Gasteiger partial charge on any atom is 0.323 e. The predicted molar refractivity (Wildman–Crippen MR) is 78.0 cm³/mol. The zero-order chi connectivity index (χ0) is 13.8. The number of fused-ring (bicyclic) bond motifs is 1. The molecule has 0 radical (unpaired) electrons. The van der Waals surface area contributed by atoms with Crippen molar-refractivity contribution in [3.63, 3.8) is 0 Å². The number of amides is 1. The van der Waals surface area contributed by atoms with E-state index in [1.54, 1.807) is 0 Å². The number of carboxylic acid groups (broad SMARTS) is 1. The van der Waals surface area contributed by atoms with Crippen LogP contribution in [-0.2, 0) is 17.0 Å². The van der Waals surface area contributed by atoms with Crippen molar-refractivity contribution >= 4 is 35.0 Å². The molecule has 0 saturated heterocycles. The van der Waals surface area contributed by atoms with Gasteiger partial charge in [-0.1, -0.05) is 6.92 Å². The van der Waals surface area contributed by atoms with Crippen molar-refractivity contribution in [2.75, 3.05) is 18.8 Å². The first-order valence-electron chi connectivity index (χ1n) is 6.32. The Balaban J connectivity index is 2.16. The van der Waals surface area contributed by atoms with E-state index in [-0.39, 0.29) is 12.5 Å². The lowest BCUT2D eigenvalue weighted by molar-refractivity contribution is -0.137. The summed E-state index contributed by atoms with van der Waals surface area (Å²) in [6.45, 7) is 2.21. The molecule has 0 aromatic carbocycles. The number of nitrogens with zero attached hydrogens (tertiary/aromatic N) is 1. The van der Waals surface area contributed by atoms with Crippen LogP contribution < -0.4 is 0 Å². The molecule has 0 saturated carbocycles. The van der Waals surface area contributed by atoms with Gasteiger partial charge in [0, 0.05) is 17.2 Å². The fourth-order valence-corrected chi connectivity index (χ4v) is 4.43. The molecular weight excluding hydrogens is 282 g/mol. The van der Waals surface area contributed by atoms with Crippen molar-refractivity contribution < 1.29 is 14.7 Å². The zero-order valence-corrected chi connectivity index (χ0v) is 12.5. The lowest BCUT2D eigenvalue weighted by Crippen LogP contribution is -2.35. The van der Waals surface area contributed by atoms with Crippen LogP contribution >= 0.6 is 23.1 Å². The van der Waals surface area contributed by atoms with E-state index in [0.717, 1.165) is 24.3 Å². The Morgan fingerprint density at radius 1 is 1.47 bits per heavy atom. The summed E-state index contributed by atoms with van der Waals surface area (Å²) in [5.41, 5.74) is 1.25. The highest BCUT2D eigenvalue weighted by atomic mass is 32.2. The average Bonchev–Trinajstić information content (AvgIpc) is 2.80. The van der Waals surface area contributed by atoms with E-state index < -0.39 is 5.97 Å². The molecule has 0 spiro atoms. The van der Waals surface area contributed by atoms with Crippen molar-refractivity contribution in [2.45, 2.75) is 25.5 Å². The van der Waals surface area contributed by atoms with Crippen molar-refractivity contribution in [2.24, 2.45) is 0 Å². The third-order valence-electron chi connectivity index (χ3n) is 2.95. The molecule has 2 rings (SSSR count). The SMILES string of the molecule is CCCN(CC(=O)O)C(=O)c1cc2c(s1)CCSC2. The van der Waals surface area contributed by atoms with Crippen LogP contribution in [0.15, 0.2) is 6.07 Å². The van der Waals surface area contributed by atoms with Gasteiger partial charge in [0.2, 0.25) is 0 Å². The largest absolute Gasteiger partial charge is 0.480 e. The molecule has 104 valence electrons. The topological polar surface area (TPSA) is 57.6 Å². The molecule has 6 heteroatoms. The first-order chi connectivity index (χ1) is 9.11. The van der Waals surface area contributed by atoms with Gasteiger partial charge in [-0.25, -0.2) is 0 Å². The number of carbonyl (C=O) groups excluding carboxylic acids is 1. The smallest absolute Gasteiger partial charge is 0.323 e. The fourth-order valence-electron chi connectivity index (χ4n) is 2.09. The normalized spacial score (nSPS) is 13.9. The van der Waals surface area contributed by atoms with Crippen molar-refractivity contribution in [3.8, 4) is 0 Å². The van der Waals surface area contributed by atoms with Crippen LogP contribution in [0.4, 0.5) is 0 Å². The molecule has 0 atom stereocenters. The number of carbonyl (C=O) groups is 2. The van der Waals surface area contributed by atoms with Gasteiger partial charge in [0.1, 0.15) is 6.54 Å². The van der Waals surface area contributed by atoms with E-state index in [4.69, 9.17) is 5.11 Å². The Morgan fingerprint density at radius 2 is 2.26 bits per heavy atom. The van der Waals surface area contributed by atoms with Crippen LogP contribution in [-0.4, -0.2) is 40.7 Å². The molecule has 1 aromatic heterocycles. The minimum atomic E-state index is -0.960. The van der Waals surface area contributed by atoms with E-state index in [9.17, 15) is 9.59 Å². The number of thioether (sulfide) groups is 1. The van der Waals surface area contributed by atoms with E-state index in [1.165, 1.54) is 26.7 Å². The summed E-state index contributed by atoms with van der Waals surface area (Å²) in [5.74, 6) is 0.966. The first-order valence-corrected chi connectivity index (χ1v) is 8.29. The Kier molecular flexibility index (Phi) is 4.87. The number of thiophene rings is 1. The Morgan fingerprint density at radius 3 is 2.89 bits per heavy atom. The van der Waals surface area contributed by atoms with Crippen LogP contribution in [0.5, 0.6) is 0 Å². The minimum absolute atomic E-state index is 0.145. The van der Waals surface area contributed by atoms with Gasteiger partial charge in [0.15, 0.2) is 0 Å². The lowest BCUT2D eigenvalue weighted by Gasteiger charge is -2.18. The van der Waals surface area contributed by atoms with Crippen LogP contribution in [0.3, 0.4) is 0 Å². The number of aliphatic carboxylic acids is 1. The summed E-state index contributed by atoms with van der Waals surface area (Å²) in [4.78, 5) is 26.6. The Bertz CT molecular complexity index is 461. The van der Waals surface area contributed by atoms with E-state index >= 15 is 0 Å². The van der Waals surface area contributed by atoms with Gasteiger partial charge in [0.25, 0.3) is 5.91 Å². The molecule has 19 heavy (non-hydrogen) atoms. The average molecular weight is 299 g/mol. The second kappa shape index (κ2) is 6.43. The van der Waals surface area contributed by atoms with Gasteiger partial charge in [-0.2, -0.15) is 11.8 Å². The number of hydrogen-bond acceptors (Lipinski definition) is 4. The summed E-state index contributed by atoms with van der Waals surface area (Å²) in [6.07, 6.45) is 1.78. The second-order valence-electron chi connectivity index (χ2n) is 4.48. The maximum atomic E-state index is 12.4. The van der Waals surface area contributed by atoms with Crippen molar-refractivity contribution in [1.29, 1.82) is 0 Å². The zero-order valence-electron chi connectivity index (χ0n) is 10.8. The maximum absolute atomic E-state index is 12.4. The monoisotopic (exact) mass is 299 g/mol. The number of carboxylic acids is 1. The van der Waals surface area contributed by atoms with Crippen LogP contribution in [0.2, 0.25) is 0 Å². The van der Waals surface area contributed by atoms with E-state index in [1.807, 2.05) is 24.8 Å². The van der Waals surface area contributed by atoms with Crippen molar-refractivity contribution in [1.82, 2.24) is 4.90 Å². The highest BCUT2D eigenvalue weighted by molar-refractivity contribution is 7.98. The molecule has 0 unspecified atom stereocenters. The molecule has 0 aliphatic carbocycles. The molecule has 1 aliphatic heterocycles. The summed E-state index contributed by atoms with van der Waals surface area (Å²) >= 11 is 3.41. The molecule has 1 amide bonds. The number of aryl methyl sites for hydroxylation is 1. The van der Waals surface area contributed by atoms with Gasteiger partial charge in [-0.05, 0) is 30.2 Å². The number of hydrogen-bond donors (Lipinski definition) is 1. The van der Waals surface area contributed by atoms with Gasteiger partial charge >= 0.3 is 5.97 Å². The van der Waals surface area contributed by atoms with E-state index in [0.29, 0.717) is 11.4 Å². The molecule has 0 bridgehead atoms. The van der Waals surface area contributed by atoms with Gasteiger partial charge in [-0.3, -0.25) is 9.59 Å². The molecular formula is C13H17NO3S2. The summed E-state index contributed by atoms with van der Waals surface area (Å²) < 4.78 is 0. The van der Waals surface area contributed by atoms with Gasteiger partial charge in [-0.15, -0.1) is 11.3 Å². The predicted octanol–water partition coefficient (Wildman–Crippen LogP) is 2.47. The highest BCUT2D eigenvalue weighted by Crippen LogP contribution is 2.32.